The quantitative estimate of drug-likeness (QED) is 0.577. The van der Waals surface area contributed by atoms with Crippen LogP contribution in [0.5, 0.6) is 5.88 Å². The number of nitrogens with two attached hydrogens (primary N) is 1. The van der Waals surface area contributed by atoms with Crippen molar-refractivity contribution < 1.29 is 4.74 Å². The van der Waals surface area contributed by atoms with Gasteiger partial charge in [-0.25, -0.2) is 9.97 Å². The van der Waals surface area contributed by atoms with Gasteiger partial charge in [0.15, 0.2) is 11.5 Å². The number of fused-ring (bicyclic) bond motifs is 1. The summed E-state index contributed by atoms with van der Waals surface area (Å²) in [5.41, 5.74) is 10.7. The first-order chi connectivity index (χ1) is 13.4. The van der Waals surface area contributed by atoms with Gasteiger partial charge in [-0.2, -0.15) is 4.98 Å². The standard InChI is InChI=1S/C22H23N5O/c1-22(2,3)14-7-9-15(10-8-14)27-20(16-6-5-13-24-19(16)23)25-17-11-12-18(28-4)26-21(17)27/h5-13H,1-4H3,(H2,23,24). The molecule has 6 heteroatoms. The maximum atomic E-state index is 6.15. The maximum Gasteiger partial charge on any atom is 0.215 e. The fourth-order valence-electron chi connectivity index (χ4n) is 3.20. The number of anilines is 1. The molecule has 142 valence electrons. The van der Waals surface area contributed by atoms with Gasteiger partial charge in [0.1, 0.15) is 11.3 Å². The van der Waals surface area contributed by atoms with Crippen molar-refractivity contribution in [1.29, 1.82) is 0 Å². The molecule has 0 radical (unpaired) electrons. The Morgan fingerprint density at radius 1 is 0.964 bits per heavy atom. The average molecular weight is 373 g/mol. The van der Waals surface area contributed by atoms with E-state index in [2.05, 4.69) is 55.0 Å². The predicted octanol–water partition coefficient (Wildman–Crippen LogP) is 4.37. The molecule has 0 atom stereocenters. The first kappa shape index (κ1) is 18.0. The van der Waals surface area contributed by atoms with Crippen molar-refractivity contribution in [2.75, 3.05) is 12.8 Å². The Morgan fingerprint density at radius 3 is 2.36 bits per heavy atom. The summed E-state index contributed by atoms with van der Waals surface area (Å²) in [7, 11) is 1.60. The lowest BCUT2D eigenvalue weighted by atomic mass is 9.87. The largest absolute Gasteiger partial charge is 0.481 e. The zero-order valence-electron chi connectivity index (χ0n) is 16.5. The number of pyridine rings is 2. The summed E-state index contributed by atoms with van der Waals surface area (Å²) >= 11 is 0. The molecule has 0 unspecified atom stereocenters. The van der Waals surface area contributed by atoms with Crippen molar-refractivity contribution in [2.24, 2.45) is 0 Å². The Hall–Kier alpha value is -3.41. The zero-order chi connectivity index (χ0) is 19.9. The first-order valence-corrected chi connectivity index (χ1v) is 9.14. The second kappa shape index (κ2) is 6.64. The number of hydrogen-bond donors (Lipinski definition) is 1. The average Bonchev–Trinajstić information content (AvgIpc) is 3.06. The lowest BCUT2D eigenvalue weighted by Crippen LogP contribution is -2.11. The molecule has 3 aromatic heterocycles. The van der Waals surface area contributed by atoms with Crippen molar-refractivity contribution in [3.05, 3.63) is 60.3 Å². The Labute approximate surface area is 164 Å². The smallest absolute Gasteiger partial charge is 0.215 e. The molecule has 4 aromatic rings. The summed E-state index contributed by atoms with van der Waals surface area (Å²) in [6, 6.07) is 15.9. The minimum Gasteiger partial charge on any atom is -0.481 e. The summed E-state index contributed by atoms with van der Waals surface area (Å²) in [6.07, 6.45) is 1.67. The van der Waals surface area contributed by atoms with E-state index in [1.165, 1.54) is 5.56 Å². The Kier molecular flexibility index (Phi) is 4.26. The van der Waals surface area contributed by atoms with Crippen LogP contribution < -0.4 is 10.5 Å². The van der Waals surface area contributed by atoms with Crippen molar-refractivity contribution in [1.82, 2.24) is 19.5 Å². The molecule has 0 saturated carbocycles. The van der Waals surface area contributed by atoms with Gasteiger partial charge in [-0.05, 0) is 41.3 Å². The van der Waals surface area contributed by atoms with Gasteiger partial charge in [0.25, 0.3) is 0 Å². The van der Waals surface area contributed by atoms with E-state index < -0.39 is 0 Å². The normalized spacial score (nSPS) is 11.7. The summed E-state index contributed by atoms with van der Waals surface area (Å²) in [4.78, 5) is 13.6. The second-order valence-corrected chi connectivity index (χ2v) is 7.70. The fourth-order valence-corrected chi connectivity index (χ4v) is 3.20. The van der Waals surface area contributed by atoms with Gasteiger partial charge in [0, 0.05) is 18.0 Å². The second-order valence-electron chi connectivity index (χ2n) is 7.70. The Bertz CT molecular complexity index is 1140. The van der Waals surface area contributed by atoms with Gasteiger partial charge < -0.3 is 10.5 Å². The summed E-state index contributed by atoms with van der Waals surface area (Å²) in [6.45, 7) is 6.59. The van der Waals surface area contributed by atoms with Crippen LogP contribution in [0.15, 0.2) is 54.7 Å². The number of nitrogens with zero attached hydrogens (tertiary/aromatic N) is 4. The van der Waals surface area contributed by atoms with Gasteiger partial charge in [-0.1, -0.05) is 32.9 Å². The number of nitrogen functional groups attached to an aromatic ring is 1. The third kappa shape index (κ3) is 3.07. The number of ether oxygens (including phenoxy) is 1. The lowest BCUT2D eigenvalue weighted by molar-refractivity contribution is 0.399. The molecule has 0 amide bonds. The molecule has 0 aliphatic heterocycles. The van der Waals surface area contributed by atoms with Crippen LogP contribution >= 0.6 is 0 Å². The molecule has 0 fully saturated rings. The van der Waals surface area contributed by atoms with Crippen molar-refractivity contribution in [2.45, 2.75) is 26.2 Å². The third-order valence-corrected chi connectivity index (χ3v) is 4.76. The van der Waals surface area contributed by atoms with Crippen molar-refractivity contribution >= 4 is 17.0 Å². The minimum absolute atomic E-state index is 0.0770. The highest BCUT2D eigenvalue weighted by Gasteiger charge is 2.19. The van der Waals surface area contributed by atoms with Crippen LogP contribution in [0.4, 0.5) is 5.82 Å². The number of hydrogen-bond acceptors (Lipinski definition) is 5. The number of methoxy groups -OCH3 is 1. The third-order valence-electron chi connectivity index (χ3n) is 4.76. The number of benzene rings is 1. The molecule has 0 bridgehead atoms. The molecule has 0 aliphatic rings. The highest BCUT2D eigenvalue weighted by atomic mass is 16.5. The van der Waals surface area contributed by atoms with Crippen LogP contribution in [-0.2, 0) is 5.41 Å². The van der Waals surface area contributed by atoms with E-state index in [0.717, 1.165) is 16.8 Å². The molecule has 0 saturated heterocycles. The van der Waals surface area contributed by atoms with Crippen LogP contribution in [0.1, 0.15) is 26.3 Å². The number of imidazole rings is 1. The molecular formula is C22H23N5O. The SMILES string of the molecule is COc1ccc2nc(-c3cccnc3N)n(-c3ccc(C(C)(C)C)cc3)c2n1. The predicted molar refractivity (Wildman–Crippen MR) is 112 cm³/mol. The topological polar surface area (TPSA) is 78.9 Å². The van der Waals surface area contributed by atoms with E-state index in [1.54, 1.807) is 19.4 Å². The fraction of sp³-hybridized carbons (Fsp3) is 0.227. The van der Waals surface area contributed by atoms with E-state index >= 15 is 0 Å². The van der Waals surface area contributed by atoms with E-state index in [0.29, 0.717) is 23.2 Å². The van der Waals surface area contributed by atoms with Crippen LogP contribution in [0.2, 0.25) is 0 Å². The molecule has 1 aromatic carbocycles. The molecule has 2 N–H and O–H groups in total. The summed E-state index contributed by atoms with van der Waals surface area (Å²) in [5.74, 6) is 1.66. The highest BCUT2D eigenvalue weighted by Crippen LogP contribution is 2.32. The number of aromatic nitrogens is 4. The molecule has 3 heterocycles. The van der Waals surface area contributed by atoms with Crippen LogP contribution in [0.25, 0.3) is 28.2 Å². The molecule has 28 heavy (non-hydrogen) atoms. The molecule has 0 aliphatic carbocycles. The van der Waals surface area contributed by atoms with E-state index in [-0.39, 0.29) is 5.41 Å². The molecule has 0 spiro atoms. The van der Waals surface area contributed by atoms with E-state index in [1.807, 2.05) is 22.8 Å². The van der Waals surface area contributed by atoms with Gasteiger partial charge >= 0.3 is 0 Å². The van der Waals surface area contributed by atoms with E-state index in [9.17, 15) is 0 Å². The van der Waals surface area contributed by atoms with Crippen LogP contribution in [-0.4, -0.2) is 26.6 Å². The van der Waals surface area contributed by atoms with Crippen molar-refractivity contribution in [3.8, 4) is 23.0 Å². The van der Waals surface area contributed by atoms with Crippen LogP contribution in [0, 0.1) is 0 Å². The molecule has 4 rings (SSSR count). The van der Waals surface area contributed by atoms with Gasteiger partial charge in [-0.15, -0.1) is 0 Å². The summed E-state index contributed by atoms with van der Waals surface area (Å²) < 4.78 is 7.32. The van der Waals surface area contributed by atoms with Gasteiger partial charge in [-0.3, -0.25) is 4.57 Å². The first-order valence-electron chi connectivity index (χ1n) is 9.14. The number of rotatable bonds is 3. The lowest BCUT2D eigenvalue weighted by Gasteiger charge is -2.19. The van der Waals surface area contributed by atoms with E-state index in [4.69, 9.17) is 15.5 Å². The highest BCUT2D eigenvalue weighted by molar-refractivity contribution is 5.83. The van der Waals surface area contributed by atoms with Gasteiger partial charge in [0.05, 0.1) is 12.7 Å². The molecular weight excluding hydrogens is 350 g/mol. The Morgan fingerprint density at radius 2 is 1.71 bits per heavy atom. The minimum atomic E-state index is 0.0770. The monoisotopic (exact) mass is 373 g/mol. The zero-order valence-corrected chi connectivity index (χ0v) is 16.5. The van der Waals surface area contributed by atoms with Crippen LogP contribution in [0.3, 0.4) is 0 Å². The van der Waals surface area contributed by atoms with Crippen molar-refractivity contribution in [3.63, 3.8) is 0 Å². The van der Waals surface area contributed by atoms with Gasteiger partial charge in [0.2, 0.25) is 5.88 Å². The maximum absolute atomic E-state index is 6.15. The molecule has 6 nitrogen and oxygen atoms in total. The Balaban J connectivity index is 1.99. The summed E-state index contributed by atoms with van der Waals surface area (Å²) in [5, 5.41) is 0.